The van der Waals surface area contributed by atoms with E-state index in [-0.39, 0.29) is 19.4 Å². The Hall–Kier alpha value is -1.97. The number of benzene rings is 1. The summed E-state index contributed by atoms with van der Waals surface area (Å²) in [6.45, 7) is -0.328. The largest absolute Gasteiger partial charge is 0.480 e. The van der Waals surface area contributed by atoms with Crippen molar-refractivity contribution in [1.29, 1.82) is 0 Å². The lowest BCUT2D eigenvalue weighted by molar-refractivity contribution is -0.138. The summed E-state index contributed by atoms with van der Waals surface area (Å²) in [5, 5.41) is 50.2. The summed E-state index contributed by atoms with van der Waals surface area (Å²) in [4.78, 5) is 14.4. The summed E-state index contributed by atoms with van der Waals surface area (Å²) in [7, 11) is 0. The Labute approximate surface area is 149 Å². The number of rotatable bonds is 5. The minimum Gasteiger partial charge on any atom is -0.480 e. The van der Waals surface area contributed by atoms with Crippen LogP contribution in [-0.2, 0) is 11.2 Å². The fraction of sp³-hybridized carbons (Fsp3) is 0.500. The second kappa shape index (κ2) is 7.34. The van der Waals surface area contributed by atoms with Crippen LogP contribution in [0.4, 0.5) is 0 Å². The van der Waals surface area contributed by atoms with Gasteiger partial charge in [-0.2, -0.15) is 0 Å². The predicted octanol–water partition coefficient (Wildman–Crippen LogP) is -0.699. The first kappa shape index (κ1) is 18.8. The first-order chi connectivity index (χ1) is 12.3. The zero-order chi connectivity index (χ0) is 19.0. The number of aliphatic carboxylic acids is 1. The van der Waals surface area contributed by atoms with E-state index in [1.54, 1.807) is 0 Å². The van der Waals surface area contributed by atoms with Crippen molar-refractivity contribution in [3.05, 3.63) is 35.5 Å². The first-order valence-corrected chi connectivity index (χ1v) is 8.58. The van der Waals surface area contributed by atoms with Gasteiger partial charge in [-0.15, -0.1) is 0 Å². The van der Waals surface area contributed by atoms with Gasteiger partial charge in [0.2, 0.25) is 0 Å². The van der Waals surface area contributed by atoms with E-state index in [0.29, 0.717) is 11.3 Å². The molecule has 3 rings (SSSR count). The highest BCUT2D eigenvalue weighted by molar-refractivity contribution is 5.86. The summed E-state index contributed by atoms with van der Waals surface area (Å²) in [5.74, 6) is -2.31. The van der Waals surface area contributed by atoms with Gasteiger partial charge in [0.25, 0.3) is 0 Å². The van der Waals surface area contributed by atoms with Crippen molar-refractivity contribution in [1.82, 2.24) is 4.98 Å². The van der Waals surface area contributed by atoms with Crippen molar-refractivity contribution in [3.8, 4) is 0 Å². The number of aromatic nitrogens is 1. The van der Waals surface area contributed by atoms with Crippen LogP contribution in [-0.4, -0.2) is 67.4 Å². The zero-order valence-electron chi connectivity index (χ0n) is 14.1. The average molecular weight is 364 g/mol. The van der Waals surface area contributed by atoms with Crippen LogP contribution in [0.15, 0.2) is 24.3 Å². The quantitative estimate of drug-likeness (QED) is 0.369. The molecule has 8 heteroatoms. The van der Waals surface area contributed by atoms with E-state index in [9.17, 15) is 30.3 Å². The van der Waals surface area contributed by atoms with Crippen molar-refractivity contribution < 1.29 is 30.3 Å². The average Bonchev–Trinajstić information content (AvgIpc) is 2.98. The summed E-state index contributed by atoms with van der Waals surface area (Å²) < 4.78 is 0. The molecule has 0 bridgehead atoms. The predicted molar refractivity (Wildman–Crippen MR) is 93.6 cm³/mol. The fourth-order valence-electron chi connectivity index (χ4n) is 3.86. The van der Waals surface area contributed by atoms with Crippen molar-refractivity contribution in [2.24, 2.45) is 11.7 Å². The first-order valence-electron chi connectivity index (χ1n) is 8.58. The summed E-state index contributed by atoms with van der Waals surface area (Å²) in [6, 6.07) is 6.21. The molecule has 1 heterocycles. The van der Waals surface area contributed by atoms with Crippen LogP contribution in [0, 0.1) is 5.92 Å². The standard InChI is InChI=1S/C18H24N2O6/c19-12(18(25)26)6-10-9-3-1-2-4-13(9)20-14(10)11-5-8(7-21)15(22)17(24)16(11)23/h1-4,8,11-12,15-17,20-24H,5-7,19H2,(H,25,26)/t8-,11-,12+,15-,16-,17+/m1/s1. The van der Waals surface area contributed by atoms with Gasteiger partial charge in [-0.3, -0.25) is 4.79 Å². The number of fused-ring (bicyclic) bond motifs is 1. The highest BCUT2D eigenvalue weighted by Crippen LogP contribution is 2.40. The van der Waals surface area contributed by atoms with Gasteiger partial charge in [-0.25, -0.2) is 0 Å². The minimum absolute atomic E-state index is 0.0559. The molecular weight excluding hydrogens is 340 g/mol. The molecule has 1 aromatic carbocycles. The van der Waals surface area contributed by atoms with Gasteiger partial charge in [0.05, 0.1) is 12.2 Å². The highest BCUT2D eigenvalue weighted by Gasteiger charge is 2.44. The van der Waals surface area contributed by atoms with E-state index in [0.717, 1.165) is 10.9 Å². The van der Waals surface area contributed by atoms with E-state index in [1.807, 2.05) is 24.3 Å². The maximum Gasteiger partial charge on any atom is 0.320 e. The number of para-hydroxylation sites is 1. The normalized spacial score (nSPS) is 30.4. The third-order valence-corrected chi connectivity index (χ3v) is 5.34. The van der Waals surface area contributed by atoms with Gasteiger partial charge in [0.1, 0.15) is 12.1 Å². The van der Waals surface area contributed by atoms with Crippen LogP contribution < -0.4 is 5.73 Å². The molecule has 0 saturated heterocycles. The third kappa shape index (κ3) is 3.22. The lowest BCUT2D eigenvalue weighted by Gasteiger charge is -2.40. The Balaban J connectivity index is 2.07. The topological polar surface area (TPSA) is 160 Å². The number of nitrogens with one attached hydrogen (secondary N) is 1. The second-order valence-corrected chi connectivity index (χ2v) is 6.97. The van der Waals surface area contributed by atoms with Gasteiger partial charge in [-0.05, 0) is 18.1 Å². The van der Waals surface area contributed by atoms with E-state index in [1.165, 1.54) is 0 Å². The van der Waals surface area contributed by atoms with E-state index in [4.69, 9.17) is 5.73 Å². The van der Waals surface area contributed by atoms with Crippen LogP contribution >= 0.6 is 0 Å². The summed E-state index contributed by atoms with van der Waals surface area (Å²) in [6.07, 6.45) is -3.57. The number of carboxylic acid groups (broad SMARTS) is 1. The SMILES string of the molecule is N[C@@H](Cc1c([C@H]2C[C@H](CO)[C@@H](O)[C@H](O)[C@@H]2O)[nH]c2ccccc12)C(=O)O. The molecule has 0 amide bonds. The highest BCUT2D eigenvalue weighted by atomic mass is 16.4. The molecule has 1 aromatic heterocycles. The number of nitrogens with two attached hydrogens (primary N) is 1. The molecular formula is C18H24N2O6. The molecule has 142 valence electrons. The monoisotopic (exact) mass is 364 g/mol. The van der Waals surface area contributed by atoms with Crippen molar-refractivity contribution in [3.63, 3.8) is 0 Å². The molecule has 0 unspecified atom stereocenters. The van der Waals surface area contributed by atoms with Gasteiger partial charge >= 0.3 is 5.97 Å². The third-order valence-electron chi connectivity index (χ3n) is 5.34. The number of carboxylic acids is 1. The van der Waals surface area contributed by atoms with Crippen LogP contribution in [0.1, 0.15) is 23.6 Å². The molecule has 6 atom stereocenters. The molecule has 2 aromatic rings. The smallest absolute Gasteiger partial charge is 0.320 e. The minimum atomic E-state index is -1.40. The molecule has 1 saturated carbocycles. The molecule has 8 nitrogen and oxygen atoms in total. The molecule has 0 aliphatic heterocycles. The second-order valence-electron chi connectivity index (χ2n) is 6.97. The number of carbonyl (C=O) groups is 1. The Bertz CT molecular complexity index is 789. The number of H-pyrrole nitrogens is 1. The maximum absolute atomic E-state index is 11.2. The molecule has 1 aliphatic carbocycles. The van der Waals surface area contributed by atoms with Gasteiger partial charge in [-0.1, -0.05) is 18.2 Å². The molecule has 8 N–H and O–H groups in total. The van der Waals surface area contributed by atoms with Crippen molar-refractivity contribution >= 4 is 16.9 Å². The Morgan fingerprint density at radius 2 is 1.88 bits per heavy atom. The van der Waals surface area contributed by atoms with Crippen LogP contribution in [0.3, 0.4) is 0 Å². The van der Waals surface area contributed by atoms with E-state index >= 15 is 0 Å². The van der Waals surface area contributed by atoms with Gasteiger partial charge in [0.15, 0.2) is 0 Å². The van der Waals surface area contributed by atoms with Crippen LogP contribution in [0.2, 0.25) is 0 Å². The number of aromatic amines is 1. The van der Waals surface area contributed by atoms with Gasteiger partial charge in [0, 0.05) is 41.5 Å². The Morgan fingerprint density at radius 3 is 2.54 bits per heavy atom. The molecule has 1 aliphatic rings. The molecule has 1 fully saturated rings. The summed E-state index contributed by atoms with van der Waals surface area (Å²) >= 11 is 0. The summed E-state index contributed by atoms with van der Waals surface area (Å²) in [5.41, 5.74) is 7.75. The molecule has 26 heavy (non-hydrogen) atoms. The van der Waals surface area contributed by atoms with Crippen LogP contribution in [0.5, 0.6) is 0 Å². The molecule has 0 spiro atoms. The lowest BCUT2D eigenvalue weighted by atomic mass is 9.73. The van der Waals surface area contributed by atoms with E-state index < -0.39 is 42.2 Å². The zero-order valence-corrected chi connectivity index (χ0v) is 14.1. The Kier molecular flexibility index (Phi) is 5.31. The van der Waals surface area contributed by atoms with E-state index in [2.05, 4.69) is 4.98 Å². The maximum atomic E-state index is 11.2. The van der Waals surface area contributed by atoms with Crippen molar-refractivity contribution in [2.45, 2.75) is 43.1 Å². The fourth-order valence-corrected chi connectivity index (χ4v) is 3.86. The van der Waals surface area contributed by atoms with Crippen LogP contribution in [0.25, 0.3) is 10.9 Å². The number of aliphatic hydroxyl groups excluding tert-OH is 4. The Morgan fingerprint density at radius 1 is 1.19 bits per heavy atom. The lowest BCUT2D eigenvalue weighted by Crippen LogP contribution is -2.51. The molecule has 0 radical (unpaired) electrons. The van der Waals surface area contributed by atoms with Crippen molar-refractivity contribution in [2.75, 3.05) is 6.61 Å². The number of hydrogen-bond donors (Lipinski definition) is 7. The van der Waals surface area contributed by atoms with Gasteiger partial charge < -0.3 is 36.3 Å². The number of aliphatic hydroxyl groups is 4. The number of hydrogen-bond acceptors (Lipinski definition) is 6.